The van der Waals surface area contributed by atoms with E-state index in [9.17, 15) is 4.79 Å². The van der Waals surface area contributed by atoms with Crippen LogP contribution in [0.3, 0.4) is 0 Å². The largest absolute Gasteiger partial charge is 0.457 e. The summed E-state index contributed by atoms with van der Waals surface area (Å²) in [6.07, 6.45) is 5.36. The average molecular weight is 512 g/mol. The number of terminal acetylenes is 1. The summed E-state index contributed by atoms with van der Waals surface area (Å²) in [7, 11) is 0. The number of amides is 1. The van der Waals surface area contributed by atoms with Gasteiger partial charge in [0.15, 0.2) is 5.96 Å². The van der Waals surface area contributed by atoms with Crippen LogP contribution in [0.4, 0.5) is 11.4 Å². The molecule has 30 heavy (non-hydrogen) atoms. The third kappa shape index (κ3) is 7.14. The standard InChI is InChI=1S/C23H20N4O2.HI/c1-2-17-8-6-9-18(14-17)26-22(28)16-25-23(24)27-19-10-7-13-21(15-19)29-20-11-4-3-5-12-20;/h1,3-15H,16H2,(H,26,28)(H3,24,25,27);1H. The maximum absolute atomic E-state index is 12.1. The van der Waals surface area contributed by atoms with Gasteiger partial charge < -0.3 is 21.1 Å². The van der Waals surface area contributed by atoms with E-state index in [0.717, 1.165) is 5.75 Å². The van der Waals surface area contributed by atoms with Crippen LogP contribution in [-0.4, -0.2) is 18.4 Å². The number of aliphatic imine (C=N–C) groups is 1. The zero-order valence-corrected chi connectivity index (χ0v) is 18.4. The van der Waals surface area contributed by atoms with Gasteiger partial charge in [0.2, 0.25) is 5.91 Å². The van der Waals surface area contributed by atoms with E-state index in [1.807, 2.05) is 48.5 Å². The summed E-state index contributed by atoms with van der Waals surface area (Å²) in [5.74, 6) is 3.72. The van der Waals surface area contributed by atoms with Gasteiger partial charge in [-0.2, -0.15) is 0 Å². The number of carbonyl (C=O) groups is 1. The number of guanidine groups is 1. The van der Waals surface area contributed by atoms with Crippen molar-refractivity contribution in [2.24, 2.45) is 10.7 Å². The molecule has 0 atom stereocenters. The van der Waals surface area contributed by atoms with Crippen molar-refractivity contribution in [3.8, 4) is 23.8 Å². The highest BCUT2D eigenvalue weighted by Gasteiger charge is 2.04. The number of nitrogens with zero attached hydrogens (tertiary/aromatic N) is 1. The highest BCUT2D eigenvalue weighted by Crippen LogP contribution is 2.23. The maximum atomic E-state index is 12.1. The predicted molar refractivity (Wildman–Crippen MR) is 131 cm³/mol. The molecule has 3 aromatic rings. The molecular formula is C23H21IN4O2. The Hall–Kier alpha value is -3.51. The zero-order chi connectivity index (χ0) is 20.5. The average Bonchev–Trinajstić information content (AvgIpc) is 2.73. The molecule has 0 saturated carbocycles. The molecule has 0 aliphatic heterocycles. The molecule has 0 aliphatic carbocycles. The van der Waals surface area contributed by atoms with E-state index in [1.54, 1.807) is 30.3 Å². The van der Waals surface area contributed by atoms with Crippen molar-refractivity contribution < 1.29 is 9.53 Å². The molecule has 1 amide bonds. The first-order valence-electron chi connectivity index (χ1n) is 8.89. The third-order valence-electron chi connectivity index (χ3n) is 3.79. The number of rotatable bonds is 6. The maximum Gasteiger partial charge on any atom is 0.246 e. The Morgan fingerprint density at radius 3 is 2.33 bits per heavy atom. The number of hydrogen-bond donors (Lipinski definition) is 3. The van der Waals surface area contributed by atoms with Gasteiger partial charge in [0.25, 0.3) is 0 Å². The first-order valence-corrected chi connectivity index (χ1v) is 8.89. The minimum Gasteiger partial charge on any atom is -0.457 e. The van der Waals surface area contributed by atoms with Crippen LogP contribution in [0.2, 0.25) is 0 Å². The van der Waals surface area contributed by atoms with E-state index in [1.165, 1.54) is 0 Å². The Morgan fingerprint density at radius 1 is 0.933 bits per heavy atom. The summed E-state index contributed by atoms with van der Waals surface area (Å²) in [6.45, 7) is -0.126. The van der Waals surface area contributed by atoms with Crippen molar-refractivity contribution >= 4 is 47.2 Å². The minimum absolute atomic E-state index is 0. The van der Waals surface area contributed by atoms with Crippen LogP contribution in [0.15, 0.2) is 83.9 Å². The Kier molecular flexibility index (Phi) is 8.72. The van der Waals surface area contributed by atoms with Gasteiger partial charge in [-0.05, 0) is 42.5 Å². The van der Waals surface area contributed by atoms with Crippen molar-refractivity contribution in [2.75, 3.05) is 17.2 Å². The summed E-state index contributed by atoms with van der Waals surface area (Å²) in [4.78, 5) is 16.1. The summed E-state index contributed by atoms with van der Waals surface area (Å²) < 4.78 is 5.79. The number of para-hydroxylation sites is 1. The Balaban J connectivity index is 0.00000320. The number of nitrogens with two attached hydrogens (primary N) is 1. The van der Waals surface area contributed by atoms with Crippen molar-refractivity contribution in [3.63, 3.8) is 0 Å². The molecule has 0 unspecified atom stereocenters. The predicted octanol–water partition coefficient (Wildman–Crippen LogP) is 4.44. The first kappa shape index (κ1) is 22.8. The fraction of sp³-hybridized carbons (Fsp3) is 0.0435. The summed E-state index contributed by atoms with van der Waals surface area (Å²) in [5.41, 5.74) is 7.88. The molecule has 0 aromatic heterocycles. The zero-order valence-electron chi connectivity index (χ0n) is 16.0. The smallest absolute Gasteiger partial charge is 0.246 e. The number of nitrogens with one attached hydrogen (secondary N) is 2. The molecule has 3 aromatic carbocycles. The molecule has 4 N–H and O–H groups in total. The van der Waals surface area contributed by atoms with Gasteiger partial charge in [-0.15, -0.1) is 30.4 Å². The van der Waals surface area contributed by atoms with E-state index in [-0.39, 0.29) is 42.4 Å². The number of benzene rings is 3. The van der Waals surface area contributed by atoms with Crippen LogP contribution in [0.5, 0.6) is 11.5 Å². The molecule has 0 saturated heterocycles. The van der Waals surface area contributed by atoms with Crippen molar-refractivity contribution in [3.05, 3.63) is 84.4 Å². The summed E-state index contributed by atoms with van der Waals surface area (Å²) >= 11 is 0. The number of ether oxygens (including phenoxy) is 1. The van der Waals surface area contributed by atoms with Crippen LogP contribution < -0.4 is 21.1 Å². The fourth-order valence-electron chi connectivity index (χ4n) is 2.49. The summed E-state index contributed by atoms with van der Waals surface area (Å²) in [5, 5.41) is 5.67. The van der Waals surface area contributed by atoms with Gasteiger partial charge in [0.1, 0.15) is 18.0 Å². The second-order valence-electron chi connectivity index (χ2n) is 6.04. The molecule has 6 nitrogen and oxygen atoms in total. The molecule has 0 fully saturated rings. The molecule has 3 rings (SSSR count). The lowest BCUT2D eigenvalue weighted by atomic mass is 10.2. The van der Waals surface area contributed by atoms with Gasteiger partial charge in [0, 0.05) is 23.0 Å². The van der Waals surface area contributed by atoms with Gasteiger partial charge in [-0.1, -0.05) is 36.3 Å². The molecule has 0 spiro atoms. The van der Waals surface area contributed by atoms with Gasteiger partial charge in [-0.3, -0.25) is 4.79 Å². The SMILES string of the molecule is C#Cc1cccc(NC(=O)CN=C(N)Nc2cccc(Oc3ccccc3)c2)c1.I. The Labute approximate surface area is 192 Å². The number of halogens is 1. The molecule has 0 heterocycles. The highest BCUT2D eigenvalue weighted by atomic mass is 127. The normalized spacial score (nSPS) is 10.3. The second kappa shape index (κ2) is 11.5. The van der Waals surface area contributed by atoms with E-state index >= 15 is 0 Å². The second-order valence-corrected chi connectivity index (χ2v) is 6.04. The van der Waals surface area contributed by atoms with Gasteiger partial charge in [0.05, 0.1) is 0 Å². The van der Waals surface area contributed by atoms with Crippen LogP contribution in [0, 0.1) is 12.3 Å². The van der Waals surface area contributed by atoms with E-state index in [2.05, 4.69) is 21.5 Å². The van der Waals surface area contributed by atoms with Crippen molar-refractivity contribution in [2.45, 2.75) is 0 Å². The Bertz CT molecular complexity index is 1060. The first-order chi connectivity index (χ1) is 14.1. The van der Waals surface area contributed by atoms with Gasteiger partial charge in [-0.25, -0.2) is 4.99 Å². The molecule has 0 bridgehead atoms. The van der Waals surface area contributed by atoms with E-state index in [0.29, 0.717) is 22.7 Å². The molecular weight excluding hydrogens is 491 g/mol. The Morgan fingerprint density at radius 2 is 1.60 bits per heavy atom. The monoisotopic (exact) mass is 512 g/mol. The van der Waals surface area contributed by atoms with E-state index in [4.69, 9.17) is 16.9 Å². The topological polar surface area (TPSA) is 88.7 Å². The molecule has 152 valence electrons. The minimum atomic E-state index is -0.301. The molecule has 0 radical (unpaired) electrons. The van der Waals surface area contributed by atoms with E-state index < -0.39 is 0 Å². The number of hydrogen-bond acceptors (Lipinski definition) is 3. The van der Waals surface area contributed by atoms with Crippen LogP contribution in [0.1, 0.15) is 5.56 Å². The lowest BCUT2D eigenvalue weighted by Crippen LogP contribution is -2.25. The van der Waals surface area contributed by atoms with Crippen molar-refractivity contribution in [1.82, 2.24) is 0 Å². The molecule has 0 aliphatic rings. The number of carbonyl (C=O) groups excluding carboxylic acids is 1. The quantitative estimate of drug-likeness (QED) is 0.197. The van der Waals surface area contributed by atoms with Gasteiger partial charge >= 0.3 is 0 Å². The number of anilines is 2. The lowest BCUT2D eigenvalue weighted by molar-refractivity contribution is -0.114. The van der Waals surface area contributed by atoms with Crippen LogP contribution in [0.25, 0.3) is 0 Å². The molecule has 7 heteroatoms. The fourth-order valence-corrected chi connectivity index (χ4v) is 2.49. The van der Waals surface area contributed by atoms with Crippen molar-refractivity contribution in [1.29, 1.82) is 0 Å². The third-order valence-corrected chi connectivity index (χ3v) is 3.79. The van der Waals surface area contributed by atoms with Crippen LogP contribution >= 0.6 is 24.0 Å². The highest BCUT2D eigenvalue weighted by molar-refractivity contribution is 14.0. The summed E-state index contributed by atoms with van der Waals surface area (Å²) in [6, 6.07) is 23.8. The van der Waals surface area contributed by atoms with Crippen LogP contribution in [-0.2, 0) is 4.79 Å². The lowest BCUT2D eigenvalue weighted by Gasteiger charge is -2.09.